The molecule has 1 amide bonds. The number of nitrogen functional groups attached to an aromatic ring is 1. The minimum atomic E-state index is -0.425. The second-order valence-corrected chi connectivity index (χ2v) is 4.60. The van der Waals surface area contributed by atoms with Crippen molar-refractivity contribution >= 4 is 17.4 Å². The van der Waals surface area contributed by atoms with Crippen LogP contribution >= 0.6 is 0 Å². The van der Waals surface area contributed by atoms with Crippen molar-refractivity contribution in [3.05, 3.63) is 54.3 Å². The van der Waals surface area contributed by atoms with E-state index in [0.29, 0.717) is 11.6 Å². The molecule has 22 heavy (non-hydrogen) atoms. The highest BCUT2D eigenvalue weighted by Crippen LogP contribution is 2.22. The highest BCUT2D eigenvalue weighted by molar-refractivity contribution is 6.05. The van der Waals surface area contributed by atoms with E-state index >= 15 is 0 Å². The van der Waals surface area contributed by atoms with Gasteiger partial charge in [-0.15, -0.1) is 0 Å². The average molecular weight is 295 g/mol. The van der Waals surface area contributed by atoms with Gasteiger partial charge < -0.3 is 15.5 Å². The number of benzene rings is 1. The molecule has 0 aliphatic rings. The van der Waals surface area contributed by atoms with Gasteiger partial charge in [-0.05, 0) is 25.1 Å². The van der Waals surface area contributed by atoms with E-state index in [1.54, 1.807) is 24.4 Å². The van der Waals surface area contributed by atoms with Crippen LogP contribution in [0.3, 0.4) is 0 Å². The second kappa shape index (κ2) is 5.65. The number of hydrogen-bond donors (Lipinski definition) is 2. The molecule has 110 valence electrons. The fraction of sp³-hybridized carbons (Fsp3) is 0.0667. The maximum Gasteiger partial charge on any atom is 0.278 e. The first-order chi connectivity index (χ1) is 10.6. The predicted octanol–water partition coefficient (Wildman–Crippen LogP) is 2.27. The van der Waals surface area contributed by atoms with Crippen LogP contribution < -0.4 is 11.1 Å². The van der Waals surface area contributed by atoms with E-state index in [9.17, 15) is 4.79 Å². The van der Waals surface area contributed by atoms with Crippen molar-refractivity contribution in [3.63, 3.8) is 0 Å². The maximum absolute atomic E-state index is 12.2. The molecule has 0 aliphatic carbocycles. The fourth-order valence-corrected chi connectivity index (χ4v) is 1.93. The SMILES string of the molecule is Cc1cnc(-c2cccc(NC(=O)c3nccnc3N)c2)o1. The topological polar surface area (TPSA) is 107 Å². The number of oxazole rings is 1. The summed E-state index contributed by atoms with van der Waals surface area (Å²) in [6, 6.07) is 7.15. The molecule has 2 heterocycles. The quantitative estimate of drug-likeness (QED) is 0.767. The largest absolute Gasteiger partial charge is 0.441 e. The second-order valence-electron chi connectivity index (χ2n) is 4.60. The van der Waals surface area contributed by atoms with Gasteiger partial charge in [-0.1, -0.05) is 6.07 Å². The molecule has 0 spiro atoms. The standard InChI is InChI=1S/C15H13N5O2/c1-9-8-19-15(22-9)10-3-2-4-11(7-10)20-14(21)12-13(16)18-6-5-17-12/h2-8H,1H3,(H2,16,18)(H,20,21). The zero-order chi connectivity index (χ0) is 15.5. The van der Waals surface area contributed by atoms with Crippen molar-refractivity contribution in [2.75, 3.05) is 11.1 Å². The van der Waals surface area contributed by atoms with E-state index in [4.69, 9.17) is 10.2 Å². The van der Waals surface area contributed by atoms with Gasteiger partial charge in [0.05, 0.1) is 6.20 Å². The third-order valence-corrected chi connectivity index (χ3v) is 2.93. The lowest BCUT2D eigenvalue weighted by atomic mass is 10.2. The highest BCUT2D eigenvalue weighted by atomic mass is 16.4. The maximum atomic E-state index is 12.2. The Morgan fingerprint density at radius 3 is 2.77 bits per heavy atom. The number of anilines is 2. The van der Waals surface area contributed by atoms with E-state index in [2.05, 4.69) is 20.3 Å². The Labute approximate surface area is 126 Å². The van der Waals surface area contributed by atoms with Crippen LogP contribution in [0.15, 0.2) is 47.3 Å². The molecule has 7 nitrogen and oxygen atoms in total. The number of carbonyl (C=O) groups excluding carboxylic acids is 1. The molecule has 0 radical (unpaired) electrons. The molecule has 1 aromatic carbocycles. The first-order valence-electron chi connectivity index (χ1n) is 6.54. The lowest BCUT2D eigenvalue weighted by molar-refractivity contribution is 0.102. The van der Waals surface area contributed by atoms with Crippen molar-refractivity contribution < 1.29 is 9.21 Å². The van der Waals surface area contributed by atoms with Crippen LogP contribution in [0.2, 0.25) is 0 Å². The number of nitrogens with zero attached hydrogens (tertiary/aromatic N) is 3. The lowest BCUT2D eigenvalue weighted by Gasteiger charge is -2.06. The highest BCUT2D eigenvalue weighted by Gasteiger charge is 2.13. The first kappa shape index (κ1) is 13.7. The molecule has 7 heteroatoms. The van der Waals surface area contributed by atoms with Crippen LogP contribution in [0.5, 0.6) is 0 Å². The Morgan fingerprint density at radius 1 is 1.23 bits per heavy atom. The number of carbonyl (C=O) groups is 1. The summed E-state index contributed by atoms with van der Waals surface area (Å²) in [5.41, 5.74) is 7.07. The Kier molecular flexibility index (Phi) is 3.53. The van der Waals surface area contributed by atoms with Crippen LogP contribution in [0.1, 0.15) is 16.2 Å². The van der Waals surface area contributed by atoms with Gasteiger partial charge in [0.25, 0.3) is 5.91 Å². The molecule has 0 bridgehead atoms. The summed E-state index contributed by atoms with van der Waals surface area (Å²) < 4.78 is 5.47. The Bertz CT molecular complexity index is 828. The third kappa shape index (κ3) is 2.78. The number of hydrogen-bond acceptors (Lipinski definition) is 6. The third-order valence-electron chi connectivity index (χ3n) is 2.93. The Morgan fingerprint density at radius 2 is 2.05 bits per heavy atom. The first-order valence-corrected chi connectivity index (χ1v) is 6.54. The molecule has 3 N–H and O–H groups in total. The number of aryl methyl sites for hydroxylation is 1. The van der Waals surface area contributed by atoms with Gasteiger partial charge in [0.1, 0.15) is 5.76 Å². The molecule has 0 unspecified atom stereocenters. The van der Waals surface area contributed by atoms with Gasteiger partial charge in [-0.3, -0.25) is 4.79 Å². The van der Waals surface area contributed by atoms with E-state index in [-0.39, 0.29) is 11.5 Å². The fourth-order valence-electron chi connectivity index (χ4n) is 1.93. The Hall–Kier alpha value is -3.22. The monoisotopic (exact) mass is 295 g/mol. The Balaban J connectivity index is 1.84. The zero-order valence-corrected chi connectivity index (χ0v) is 11.8. The van der Waals surface area contributed by atoms with E-state index in [0.717, 1.165) is 11.3 Å². The van der Waals surface area contributed by atoms with E-state index in [1.807, 2.05) is 13.0 Å². The number of aromatic nitrogens is 3. The molecule has 3 aromatic rings. The lowest BCUT2D eigenvalue weighted by Crippen LogP contribution is -2.16. The summed E-state index contributed by atoms with van der Waals surface area (Å²) >= 11 is 0. The van der Waals surface area contributed by atoms with Gasteiger partial charge >= 0.3 is 0 Å². The summed E-state index contributed by atoms with van der Waals surface area (Å²) in [7, 11) is 0. The normalized spacial score (nSPS) is 10.4. The molecule has 0 saturated heterocycles. The van der Waals surface area contributed by atoms with Gasteiger partial charge in [0.15, 0.2) is 11.5 Å². The van der Waals surface area contributed by atoms with Crippen LogP contribution in [0.25, 0.3) is 11.5 Å². The van der Waals surface area contributed by atoms with Gasteiger partial charge in [0, 0.05) is 23.6 Å². The molecular weight excluding hydrogens is 282 g/mol. The summed E-state index contributed by atoms with van der Waals surface area (Å²) in [6.45, 7) is 1.82. The zero-order valence-electron chi connectivity index (χ0n) is 11.8. The van der Waals surface area contributed by atoms with Crippen molar-refractivity contribution in [2.45, 2.75) is 6.92 Å². The van der Waals surface area contributed by atoms with Crippen LogP contribution in [0.4, 0.5) is 11.5 Å². The number of rotatable bonds is 3. The molecule has 0 saturated carbocycles. The molecule has 0 aliphatic heterocycles. The van der Waals surface area contributed by atoms with Crippen molar-refractivity contribution in [1.82, 2.24) is 15.0 Å². The summed E-state index contributed by atoms with van der Waals surface area (Å²) in [5, 5.41) is 2.73. The molecule has 3 rings (SSSR count). The van der Waals surface area contributed by atoms with Crippen LogP contribution in [-0.2, 0) is 0 Å². The van der Waals surface area contributed by atoms with Crippen molar-refractivity contribution in [1.29, 1.82) is 0 Å². The van der Waals surface area contributed by atoms with E-state index < -0.39 is 5.91 Å². The van der Waals surface area contributed by atoms with Gasteiger partial charge in [-0.25, -0.2) is 15.0 Å². The number of amides is 1. The summed E-state index contributed by atoms with van der Waals surface area (Å²) in [5.74, 6) is 0.871. The van der Waals surface area contributed by atoms with Crippen molar-refractivity contribution in [3.8, 4) is 11.5 Å². The minimum Gasteiger partial charge on any atom is -0.441 e. The molecule has 0 atom stereocenters. The van der Waals surface area contributed by atoms with Crippen LogP contribution in [-0.4, -0.2) is 20.9 Å². The van der Waals surface area contributed by atoms with Crippen LogP contribution in [0, 0.1) is 6.92 Å². The van der Waals surface area contributed by atoms with E-state index in [1.165, 1.54) is 12.4 Å². The number of nitrogens with two attached hydrogens (primary N) is 1. The molecule has 2 aromatic heterocycles. The average Bonchev–Trinajstić information content (AvgIpc) is 2.94. The van der Waals surface area contributed by atoms with Gasteiger partial charge in [-0.2, -0.15) is 0 Å². The summed E-state index contributed by atoms with van der Waals surface area (Å²) in [6.07, 6.45) is 4.48. The molecule has 0 fully saturated rings. The summed E-state index contributed by atoms with van der Waals surface area (Å²) in [4.78, 5) is 24.1. The predicted molar refractivity (Wildman–Crippen MR) is 81.1 cm³/mol. The smallest absolute Gasteiger partial charge is 0.278 e. The molecular formula is C15H13N5O2. The minimum absolute atomic E-state index is 0.0829. The number of nitrogens with one attached hydrogen (secondary N) is 1. The van der Waals surface area contributed by atoms with Crippen molar-refractivity contribution in [2.24, 2.45) is 0 Å². The van der Waals surface area contributed by atoms with Gasteiger partial charge in [0.2, 0.25) is 5.89 Å².